The first-order valence-corrected chi connectivity index (χ1v) is 8.91. The lowest BCUT2D eigenvalue weighted by Gasteiger charge is -2.27. The lowest BCUT2D eigenvalue weighted by molar-refractivity contribution is -0.140. The first kappa shape index (κ1) is 18.7. The third-order valence-electron chi connectivity index (χ3n) is 4.56. The molecule has 5 heteroatoms. The van der Waals surface area contributed by atoms with E-state index in [1.54, 1.807) is 43.5 Å². The van der Waals surface area contributed by atoms with Gasteiger partial charge in [0.2, 0.25) is 0 Å². The van der Waals surface area contributed by atoms with E-state index in [2.05, 4.69) is 0 Å². The van der Waals surface area contributed by atoms with Crippen LogP contribution in [-0.4, -0.2) is 35.4 Å². The van der Waals surface area contributed by atoms with Gasteiger partial charge in [0.15, 0.2) is 0 Å². The van der Waals surface area contributed by atoms with Crippen LogP contribution >= 0.6 is 0 Å². The van der Waals surface area contributed by atoms with E-state index in [1.807, 2.05) is 32.0 Å². The summed E-state index contributed by atoms with van der Waals surface area (Å²) in [5, 5.41) is 10.9. The van der Waals surface area contributed by atoms with Crippen molar-refractivity contribution in [2.24, 2.45) is 5.92 Å². The van der Waals surface area contributed by atoms with Crippen molar-refractivity contribution in [3.63, 3.8) is 0 Å². The van der Waals surface area contributed by atoms with Gasteiger partial charge in [-0.2, -0.15) is 0 Å². The summed E-state index contributed by atoms with van der Waals surface area (Å²) in [5.41, 5.74) is 1.35. The highest BCUT2D eigenvalue weighted by Gasteiger charge is 2.46. The quantitative estimate of drug-likeness (QED) is 0.498. The molecule has 1 aliphatic rings. The number of amides is 1. The number of nitrogens with zero attached hydrogens (tertiary/aromatic N) is 1. The van der Waals surface area contributed by atoms with Crippen LogP contribution in [0, 0.1) is 5.92 Å². The molecule has 5 nitrogen and oxygen atoms in total. The summed E-state index contributed by atoms with van der Waals surface area (Å²) >= 11 is 0. The van der Waals surface area contributed by atoms with Crippen LogP contribution in [0.2, 0.25) is 0 Å². The van der Waals surface area contributed by atoms with Crippen molar-refractivity contribution >= 4 is 17.4 Å². The fraction of sp³-hybridized carbons (Fsp3) is 0.273. The van der Waals surface area contributed by atoms with Gasteiger partial charge in [-0.1, -0.05) is 56.3 Å². The van der Waals surface area contributed by atoms with E-state index in [1.165, 1.54) is 4.90 Å². The molecule has 27 heavy (non-hydrogen) atoms. The maximum Gasteiger partial charge on any atom is 0.295 e. The second-order valence-corrected chi connectivity index (χ2v) is 6.99. The Morgan fingerprint density at radius 3 is 2.44 bits per heavy atom. The topological polar surface area (TPSA) is 66.8 Å². The minimum Gasteiger partial charge on any atom is -0.507 e. The molecule has 3 rings (SSSR count). The molecule has 0 saturated carbocycles. The number of methoxy groups -OCH3 is 1. The van der Waals surface area contributed by atoms with Gasteiger partial charge < -0.3 is 14.7 Å². The number of likely N-dealkylation sites (tertiary alicyclic amines) is 1. The van der Waals surface area contributed by atoms with Crippen molar-refractivity contribution in [2.45, 2.75) is 19.9 Å². The van der Waals surface area contributed by atoms with Crippen LogP contribution in [0.1, 0.15) is 31.0 Å². The van der Waals surface area contributed by atoms with E-state index in [4.69, 9.17) is 4.74 Å². The Morgan fingerprint density at radius 2 is 1.81 bits per heavy atom. The molecule has 1 amide bonds. The van der Waals surface area contributed by atoms with Gasteiger partial charge in [-0.15, -0.1) is 0 Å². The predicted molar refractivity (Wildman–Crippen MR) is 103 cm³/mol. The summed E-state index contributed by atoms with van der Waals surface area (Å²) in [6, 6.07) is 15.4. The molecule has 0 spiro atoms. The maximum atomic E-state index is 12.8. The third kappa shape index (κ3) is 3.58. The molecule has 0 unspecified atom stereocenters. The standard InChI is InChI=1S/C22H23NO4/c1-14(2)13-23-19(16-10-7-11-17(12-16)27-3)18(21(25)22(23)26)20(24)15-8-5-4-6-9-15/h4-12,14,19,24H,13H2,1-3H3/t19-/m1/s1. The van der Waals surface area contributed by atoms with Crippen molar-refractivity contribution in [1.29, 1.82) is 0 Å². The summed E-state index contributed by atoms with van der Waals surface area (Å²) in [4.78, 5) is 27.1. The maximum absolute atomic E-state index is 12.8. The Bertz CT molecular complexity index is 886. The molecule has 1 aliphatic heterocycles. The van der Waals surface area contributed by atoms with Gasteiger partial charge in [0.05, 0.1) is 18.7 Å². The molecule has 0 aliphatic carbocycles. The number of Topliss-reactive ketones (excluding diaryl/α,β-unsaturated/α-hetero) is 1. The van der Waals surface area contributed by atoms with Gasteiger partial charge in [0, 0.05) is 12.1 Å². The van der Waals surface area contributed by atoms with E-state index in [0.29, 0.717) is 17.9 Å². The lowest BCUT2D eigenvalue weighted by Crippen LogP contribution is -2.33. The third-order valence-corrected chi connectivity index (χ3v) is 4.56. The Hall–Kier alpha value is -3.08. The monoisotopic (exact) mass is 365 g/mol. The van der Waals surface area contributed by atoms with Crippen LogP contribution in [0.5, 0.6) is 5.75 Å². The van der Waals surface area contributed by atoms with Crippen LogP contribution in [0.15, 0.2) is 60.2 Å². The molecule has 1 N–H and O–H groups in total. The average Bonchev–Trinajstić information content (AvgIpc) is 2.92. The highest BCUT2D eigenvalue weighted by molar-refractivity contribution is 6.46. The minimum atomic E-state index is -0.662. The average molecular weight is 365 g/mol. The fourth-order valence-electron chi connectivity index (χ4n) is 3.37. The smallest absolute Gasteiger partial charge is 0.295 e. The van der Waals surface area contributed by atoms with E-state index in [9.17, 15) is 14.7 Å². The number of hydrogen-bond acceptors (Lipinski definition) is 4. The van der Waals surface area contributed by atoms with E-state index >= 15 is 0 Å². The number of carbonyl (C=O) groups excluding carboxylic acids is 2. The van der Waals surface area contributed by atoms with Crippen LogP contribution in [-0.2, 0) is 9.59 Å². The number of benzene rings is 2. The van der Waals surface area contributed by atoms with Crippen molar-refractivity contribution in [3.05, 3.63) is 71.3 Å². The first-order valence-electron chi connectivity index (χ1n) is 8.91. The number of aliphatic hydroxyl groups excluding tert-OH is 1. The van der Waals surface area contributed by atoms with Gasteiger partial charge in [0.1, 0.15) is 11.5 Å². The number of rotatable bonds is 5. The van der Waals surface area contributed by atoms with Crippen LogP contribution in [0.25, 0.3) is 5.76 Å². The molecule has 140 valence electrons. The van der Waals surface area contributed by atoms with Crippen molar-refractivity contribution < 1.29 is 19.4 Å². The molecule has 0 aromatic heterocycles. The number of hydrogen-bond donors (Lipinski definition) is 1. The van der Waals surface area contributed by atoms with Gasteiger partial charge in [-0.05, 0) is 23.6 Å². The molecule has 1 saturated heterocycles. The zero-order valence-electron chi connectivity index (χ0n) is 15.7. The second-order valence-electron chi connectivity index (χ2n) is 6.99. The number of carbonyl (C=O) groups is 2. The number of aliphatic hydroxyl groups is 1. The number of ketones is 1. The Balaban J connectivity index is 2.19. The summed E-state index contributed by atoms with van der Waals surface area (Å²) in [6.07, 6.45) is 0. The Kier molecular flexibility index (Phi) is 5.31. The molecular weight excluding hydrogens is 342 g/mol. The Labute approximate surface area is 158 Å². The highest BCUT2D eigenvalue weighted by Crippen LogP contribution is 2.40. The van der Waals surface area contributed by atoms with Gasteiger partial charge >= 0.3 is 0 Å². The Morgan fingerprint density at radius 1 is 1.11 bits per heavy atom. The highest BCUT2D eigenvalue weighted by atomic mass is 16.5. The largest absolute Gasteiger partial charge is 0.507 e. The summed E-state index contributed by atoms with van der Waals surface area (Å²) in [5.74, 6) is -0.609. The fourth-order valence-corrected chi connectivity index (χ4v) is 3.37. The normalized spacial score (nSPS) is 19.0. The predicted octanol–water partition coefficient (Wildman–Crippen LogP) is 3.77. The molecule has 1 fully saturated rings. The molecular formula is C22H23NO4. The molecule has 2 aromatic rings. The SMILES string of the molecule is COc1cccc([C@@H]2C(=C(O)c3ccccc3)C(=O)C(=O)N2CC(C)C)c1. The molecule has 0 bridgehead atoms. The van der Waals surface area contributed by atoms with Crippen LogP contribution < -0.4 is 4.74 Å². The van der Waals surface area contributed by atoms with Crippen LogP contribution in [0.3, 0.4) is 0 Å². The summed E-state index contributed by atoms with van der Waals surface area (Å²) < 4.78 is 5.30. The zero-order valence-corrected chi connectivity index (χ0v) is 15.7. The molecule has 0 radical (unpaired) electrons. The lowest BCUT2D eigenvalue weighted by atomic mass is 9.95. The minimum absolute atomic E-state index is 0.111. The first-order chi connectivity index (χ1) is 12.9. The van der Waals surface area contributed by atoms with E-state index in [0.717, 1.165) is 5.56 Å². The molecule has 1 atom stereocenters. The van der Waals surface area contributed by atoms with Crippen LogP contribution in [0.4, 0.5) is 0 Å². The van der Waals surface area contributed by atoms with Gasteiger partial charge in [-0.25, -0.2) is 0 Å². The zero-order chi connectivity index (χ0) is 19.6. The summed E-state index contributed by atoms with van der Waals surface area (Å²) in [6.45, 7) is 4.39. The summed E-state index contributed by atoms with van der Waals surface area (Å²) in [7, 11) is 1.56. The van der Waals surface area contributed by atoms with Crippen molar-refractivity contribution in [3.8, 4) is 5.75 Å². The van der Waals surface area contributed by atoms with Gasteiger partial charge in [0.25, 0.3) is 11.7 Å². The molecule has 1 heterocycles. The van der Waals surface area contributed by atoms with Gasteiger partial charge in [-0.3, -0.25) is 9.59 Å². The van der Waals surface area contributed by atoms with E-state index in [-0.39, 0.29) is 17.3 Å². The molecule has 2 aromatic carbocycles. The van der Waals surface area contributed by atoms with Crippen molar-refractivity contribution in [1.82, 2.24) is 4.90 Å². The van der Waals surface area contributed by atoms with E-state index < -0.39 is 17.7 Å². The number of ether oxygens (including phenoxy) is 1. The second kappa shape index (κ2) is 7.66. The van der Waals surface area contributed by atoms with Crippen molar-refractivity contribution in [2.75, 3.05) is 13.7 Å².